The first-order valence-corrected chi connectivity index (χ1v) is 4.75. The second kappa shape index (κ2) is 4.18. The molecule has 2 rings (SSSR count). The van der Waals surface area contributed by atoms with Crippen molar-refractivity contribution in [3.05, 3.63) is 0 Å². The fourth-order valence-electron chi connectivity index (χ4n) is 1.85. The Bertz CT molecular complexity index is 111. The molecule has 0 saturated carbocycles. The summed E-state index contributed by atoms with van der Waals surface area (Å²) in [4.78, 5) is 2.49. The lowest BCUT2D eigenvalue weighted by atomic mass is 10.2. The third-order valence-corrected chi connectivity index (χ3v) is 2.57. The molecule has 0 aromatic carbocycles. The highest BCUT2D eigenvalue weighted by Crippen LogP contribution is 2.03. The first kappa shape index (κ1) is 8.44. The van der Waals surface area contributed by atoms with Crippen LogP contribution in [0.5, 0.6) is 0 Å². The van der Waals surface area contributed by atoms with Crippen molar-refractivity contribution in [3.63, 3.8) is 0 Å². The average molecular weight is 169 g/mol. The van der Waals surface area contributed by atoms with E-state index < -0.39 is 0 Å². The molecule has 12 heavy (non-hydrogen) atoms. The molecule has 0 aromatic heterocycles. The van der Waals surface area contributed by atoms with Crippen molar-refractivity contribution in [2.45, 2.75) is 12.5 Å². The molecule has 0 aliphatic carbocycles. The molecular weight excluding hydrogens is 152 g/mol. The van der Waals surface area contributed by atoms with Crippen LogP contribution < -0.4 is 16.0 Å². The summed E-state index contributed by atoms with van der Waals surface area (Å²) in [6.45, 7) is 6.40. The molecule has 0 aromatic rings. The summed E-state index contributed by atoms with van der Waals surface area (Å²) < 4.78 is 0. The topological polar surface area (TPSA) is 41.4 Å². The number of hydrogen-bond donors (Lipinski definition) is 2. The monoisotopic (exact) mass is 169 g/mol. The van der Waals surface area contributed by atoms with Crippen LogP contribution in [0.25, 0.3) is 0 Å². The standard InChI is InChI=1S/C8H17N4/c1-2-9-7-12(3-1)8-4-10-6-11-5-8/h8-10H,1-7H2. The number of nitrogens with one attached hydrogen (secondary N) is 2. The zero-order valence-corrected chi connectivity index (χ0v) is 7.42. The van der Waals surface area contributed by atoms with Crippen molar-refractivity contribution in [1.29, 1.82) is 0 Å². The molecule has 1 radical (unpaired) electrons. The Morgan fingerprint density at radius 3 is 3.00 bits per heavy atom. The van der Waals surface area contributed by atoms with E-state index in [0.29, 0.717) is 6.04 Å². The summed E-state index contributed by atoms with van der Waals surface area (Å²) in [5.41, 5.74) is 0. The SMILES string of the molecule is C1CNCN(C2C[N]CNC2)C1. The van der Waals surface area contributed by atoms with Crippen LogP contribution in [0.2, 0.25) is 0 Å². The van der Waals surface area contributed by atoms with Gasteiger partial charge in [-0.15, -0.1) is 0 Å². The Hall–Kier alpha value is -0.160. The third kappa shape index (κ3) is 1.95. The van der Waals surface area contributed by atoms with Crippen molar-refractivity contribution in [3.8, 4) is 0 Å². The highest BCUT2D eigenvalue weighted by atomic mass is 15.3. The average Bonchev–Trinajstić information content (AvgIpc) is 2.21. The summed E-state index contributed by atoms with van der Waals surface area (Å²) in [5, 5.41) is 11.0. The molecule has 2 saturated heterocycles. The lowest BCUT2D eigenvalue weighted by Gasteiger charge is -2.36. The van der Waals surface area contributed by atoms with Gasteiger partial charge in [-0.1, -0.05) is 0 Å². The molecule has 4 heteroatoms. The quantitative estimate of drug-likeness (QED) is 0.516. The predicted molar refractivity (Wildman–Crippen MR) is 47.9 cm³/mol. The van der Waals surface area contributed by atoms with Crippen LogP contribution in [0.4, 0.5) is 0 Å². The van der Waals surface area contributed by atoms with Crippen molar-refractivity contribution in [2.75, 3.05) is 39.5 Å². The van der Waals surface area contributed by atoms with Crippen molar-refractivity contribution >= 4 is 0 Å². The van der Waals surface area contributed by atoms with Gasteiger partial charge in [-0.3, -0.25) is 4.90 Å². The van der Waals surface area contributed by atoms with Gasteiger partial charge in [0.1, 0.15) is 0 Å². The van der Waals surface area contributed by atoms with E-state index >= 15 is 0 Å². The maximum Gasteiger partial charge on any atom is 0.0625 e. The molecule has 0 bridgehead atoms. The predicted octanol–water partition coefficient (Wildman–Crippen LogP) is -1.23. The van der Waals surface area contributed by atoms with E-state index in [-0.39, 0.29) is 0 Å². The van der Waals surface area contributed by atoms with Crippen LogP contribution >= 0.6 is 0 Å². The van der Waals surface area contributed by atoms with E-state index in [2.05, 4.69) is 20.9 Å². The lowest BCUT2D eigenvalue weighted by Crippen LogP contribution is -2.56. The maximum atomic E-state index is 4.35. The maximum absolute atomic E-state index is 4.35. The van der Waals surface area contributed by atoms with E-state index in [9.17, 15) is 0 Å². The molecule has 2 N–H and O–H groups in total. The Kier molecular flexibility index (Phi) is 2.94. The van der Waals surface area contributed by atoms with Crippen LogP contribution in [0.1, 0.15) is 6.42 Å². The van der Waals surface area contributed by atoms with Gasteiger partial charge in [0.05, 0.1) is 6.67 Å². The highest BCUT2D eigenvalue weighted by Gasteiger charge is 2.21. The largest absolute Gasteiger partial charge is 0.304 e. The minimum Gasteiger partial charge on any atom is -0.304 e. The van der Waals surface area contributed by atoms with Crippen molar-refractivity contribution in [2.24, 2.45) is 0 Å². The molecule has 0 spiro atoms. The van der Waals surface area contributed by atoms with Gasteiger partial charge in [0.2, 0.25) is 0 Å². The van der Waals surface area contributed by atoms with Crippen LogP contribution in [-0.2, 0) is 0 Å². The Labute approximate surface area is 73.7 Å². The molecule has 2 aliphatic heterocycles. The second-order valence-electron chi connectivity index (χ2n) is 3.50. The van der Waals surface area contributed by atoms with Crippen LogP contribution in [0.3, 0.4) is 0 Å². The molecule has 1 atom stereocenters. The van der Waals surface area contributed by atoms with Gasteiger partial charge in [0.25, 0.3) is 0 Å². The normalized spacial score (nSPS) is 29.0. The van der Waals surface area contributed by atoms with Gasteiger partial charge in [-0.25, -0.2) is 5.32 Å². The smallest absolute Gasteiger partial charge is 0.0625 e. The molecule has 4 nitrogen and oxygen atoms in total. The third-order valence-electron chi connectivity index (χ3n) is 2.57. The minimum absolute atomic E-state index is 0.631. The van der Waals surface area contributed by atoms with Gasteiger partial charge in [-0.05, 0) is 13.0 Å². The molecule has 2 fully saturated rings. The first-order valence-electron chi connectivity index (χ1n) is 4.75. The van der Waals surface area contributed by atoms with Crippen LogP contribution in [-0.4, -0.2) is 50.5 Å². The molecule has 69 valence electrons. The van der Waals surface area contributed by atoms with Gasteiger partial charge >= 0.3 is 0 Å². The summed E-state index contributed by atoms with van der Waals surface area (Å²) >= 11 is 0. The van der Waals surface area contributed by atoms with E-state index in [0.717, 1.165) is 26.4 Å². The fraction of sp³-hybridized carbons (Fsp3) is 1.00. The van der Waals surface area contributed by atoms with Crippen LogP contribution in [0, 0.1) is 0 Å². The van der Waals surface area contributed by atoms with Crippen molar-refractivity contribution < 1.29 is 0 Å². The van der Waals surface area contributed by atoms with Gasteiger partial charge in [-0.2, -0.15) is 0 Å². The number of hydrogen-bond acceptors (Lipinski definition) is 3. The molecule has 1 unspecified atom stereocenters. The second-order valence-corrected chi connectivity index (χ2v) is 3.50. The molecular formula is C8H17N4. The Morgan fingerprint density at radius 1 is 1.33 bits per heavy atom. The zero-order chi connectivity index (χ0) is 8.23. The van der Waals surface area contributed by atoms with Gasteiger partial charge in [0.15, 0.2) is 0 Å². The molecule has 0 amide bonds. The summed E-state index contributed by atoms with van der Waals surface area (Å²) in [5.74, 6) is 0. The minimum atomic E-state index is 0.631. The number of rotatable bonds is 1. The van der Waals surface area contributed by atoms with Gasteiger partial charge in [0, 0.05) is 32.3 Å². The Balaban J connectivity index is 1.80. The molecule has 2 aliphatic rings. The van der Waals surface area contributed by atoms with Gasteiger partial charge < -0.3 is 10.6 Å². The lowest BCUT2D eigenvalue weighted by molar-refractivity contribution is 0.133. The number of nitrogens with zero attached hydrogens (tertiary/aromatic N) is 2. The van der Waals surface area contributed by atoms with E-state index in [4.69, 9.17) is 0 Å². The van der Waals surface area contributed by atoms with E-state index in [1.165, 1.54) is 19.5 Å². The highest BCUT2D eigenvalue weighted by molar-refractivity contribution is 4.80. The summed E-state index contributed by atoms with van der Waals surface area (Å²) in [7, 11) is 0. The van der Waals surface area contributed by atoms with E-state index in [1.54, 1.807) is 0 Å². The van der Waals surface area contributed by atoms with Crippen LogP contribution in [0.15, 0.2) is 0 Å². The molecule has 2 heterocycles. The first-order chi connectivity index (χ1) is 5.97. The summed E-state index contributed by atoms with van der Waals surface area (Å²) in [6, 6.07) is 0.631. The van der Waals surface area contributed by atoms with Crippen molar-refractivity contribution in [1.82, 2.24) is 20.9 Å². The summed E-state index contributed by atoms with van der Waals surface area (Å²) in [6.07, 6.45) is 1.27. The Morgan fingerprint density at radius 2 is 2.33 bits per heavy atom. The zero-order valence-electron chi connectivity index (χ0n) is 7.42. The van der Waals surface area contributed by atoms with E-state index in [1.807, 2.05) is 0 Å². The fourth-order valence-corrected chi connectivity index (χ4v) is 1.85.